The summed E-state index contributed by atoms with van der Waals surface area (Å²) in [4.78, 5) is 20.9. The van der Waals surface area contributed by atoms with Crippen LogP contribution in [0.4, 0.5) is 0 Å². The summed E-state index contributed by atoms with van der Waals surface area (Å²) in [6, 6.07) is 10.9. The van der Waals surface area contributed by atoms with Crippen LogP contribution in [0.15, 0.2) is 41.6 Å². The second-order valence-corrected chi connectivity index (χ2v) is 10.5. The Hall–Kier alpha value is -1.79. The van der Waals surface area contributed by atoms with E-state index in [0.717, 1.165) is 53.8 Å². The molecule has 190 valence electrons. The molecule has 1 atom stereocenters. The lowest BCUT2D eigenvalue weighted by Crippen LogP contribution is -2.37. The standard InChI is InChI=1S/C27H34Cl3N3O2/c1-4-35-32-26(17-31-27(34)21-14-22(28)16-23(29)15-21)24(20-5-6-25(30)19(3)13-20)9-12-33-10-7-18(2)8-11-33/h5-6,13-16,18,24H,4,7-12,17H2,1-3H3,(H,31,34)/b32-26+. The fraction of sp³-hybridized carbons (Fsp3) is 0.481. The molecule has 8 heteroatoms. The van der Waals surface area contributed by atoms with Gasteiger partial charge in [0.25, 0.3) is 5.91 Å². The van der Waals surface area contributed by atoms with Crippen LogP contribution in [0.2, 0.25) is 15.1 Å². The Morgan fingerprint density at radius 1 is 1.14 bits per heavy atom. The van der Waals surface area contributed by atoms with Gasteiger partial charge >= 0.3 is 0 Å². The number of nitrogens with one attached hydrogen (secondary N) is 1. The molecule has 3 rings (SSSR count). The number of rotatable bonds is 10. The lowest BCUT2D eigenvalue weighted by molar-refractivity contribution is 0.0958. The summed E-state index contributed by atoms with van der Waals surface area (Å²) in [6.07, 6.45) is 3.31. The summed E-state index contributed by atoms with van der Waals surface area (Å²) >= 11 is 18.5. The molecule has 2 aromatic rings. The average Bonchev–Trinajstić information content (AvgIpc) is 2.82. The molecule has 1 aliphatic heterocycles. The smallest absolute Gasteiger partial charge is 0.251 e. The Bertz CT molecular complexity index is 1020. The maximum atomic E-state index is 12.9. The highest BCUT2D eigenvalue weighted by Gasteiger charge is 2.24. The highest BCUT2D eigenvalue weighted by atomic mass is 35.5. The molecular formula is C27H34Cl3N3O2. The Kier molecular flexibility index (Phi) is 10.7. The van der Waals surface area contributed by atoms with E-state index in [1.807, 2.05) is 26.0 Å². The van der Waals surface area contributed by atoms with Crippen LogP contribution in [0.3, 0.4) is 0 Å². The minimum absolute atomic E-state index is 0.0277. The number of carbonyl (C=O) groups excluding carboxylic acids is 1. The van der Waals surface area contributed by atoms with Gasteiger partial charge in [0.05, 0.1) is 12.3 Å². The fourth-order valence-corrected chi connectivity index (χ4v) is 4.98. The molecule has 0 bridgehead atoms. The first-order chi connectivity index (χ1) is 16.8. The molecular weight excluding hydrogens is 505 g/mol. The molecule has 1 unspecified atom stereocenters. The molecule has 1 heterocycles. The predicted molar refractivity (Wildman–Crippen MR) is 146 cm³/mol. The van der Waals surface area contributed by atoms with E-state index in [-0.39, 0.29) is 18.4 Å². The molecule has 1 amide bonds. The third-order valence-electron chi connectivity index (χ3n) is 6.46. The van der Waals surface area contributed by atoms with Gasteiger partial charge < -0.3 is 15.1 Å². The van der Waals surface area contributed by atoms with Gasteiger partial charge in [-0.3, -0.25) is 4.79 Å². The van der Waals surface area contributed by atoms with Gasteiger partial charge in [-0.2, -0.15) is 0 Å². The molecule has 0 spiro atoms. The lowest BCUT2D eigenvalue weighted by atomic mass is 9.89. The zero-order valence-electron chi connectivity index (χ0n) is 20.6. The molecule has 0 radical (unpaired) electrons. The maximum absolute atomic E-state index is 12.9. The normalized spacial score (nSPS) is 16.2. The summed E-state index contributed by atoms with van der Waals surface area (Å²) in [7, 11) is 0. The molecule has 1 N–H and O–H groups in total. The third-order valence-corrected chi connectivity index (χ3v) is 7.32. The van der Waals surface area contributed by atoms with Crippen LogP contribution in [-0.2, 0) is 4.84 Å². The lowest BCUT2D eigenvalue weighted by Gasteiger charge is -2.31. The van der Waals surface area contributed by atoms with Crippen molar-refractivity contribution in [3.05, 3.63) is 68.2 Å². The van der Waals surface area contributed by atoms with Gasteiger partial charge in [0.15, 0.2) is 0 Å². The Balaban J connectivity index is 1.81. The van der Waals surface area contributed by atoms with Crippen molar-refractivity contribution >= 4 is 46.4 Å². The number of carbonyl (C=O) groups is 1. The quantitative estimate of drug-likeness (QED) is 0.262. The molecule has 5 nitrogen and oxygen atoms in total. The largest absolute Gasteiger partial charge is 0.396 e. The molecule has 1 fully saturated rings. The van der Waals surface area contributed by atoms with Gasteiger partial charge in [0.2, 0.25) is 0 Å². The summed E-state index contributed by atoms with van der Waals surface area (Å²) in [5.41, 5.74) is 3.28. The van der Waals surface area contributed by atoms with E-state index in [1.54, 1.807) is 18.2 Å². The number of likely N-dealkylation sites (tertiary alicyclic amines) is 1. The number of benzene rings is 2. The van der Waals surface area contributed by atoms with E-state index in [1.165, 1.54) is 12.8 Å². The van der Waals surface area contributed by atoms with Crippen molar-refractivity contribution in [2.45, 2.75) is 46.0 Å². The highest BCUT2D eigenvalue weighted by molar-refractivity contribution is 6.35. The Labute approximate surface area is 223 Å². The zero-order chi connectivity index (χ0) is 25.4. The number of hydrogen-bond acceptors (Lipinski definition) is 4. The number of amides is 1. The first kappa shape index (κ1) is 27.8. The van der Waals surface area contributed by atoms with E-state index >= 15 is 0 Å². The van der Waals surface area contributed by atoms with Gasteiger partial charge in [0.1, 0.15) is 6.61 Å². The Morgan fingerprint density at radius 2 is 1.83 bits per heavy atom. The summed E-state index contributed by atoms with van der Waals surface area (Å²) in [5.74, 6) is 0.487. The third kappa shape index (κ3) is 8.38. The van der Waals surface area contributed by atoms with Gasteiger partial charge in [-0.1, -0.05) is 59.0 Å². The van der Waals surface area contributed by atoms with Crippen LogP contribution in [0.1, 0.15) is 60.5 Å². The number of piperidine rings is 1. The van der Waals surface area contributed by atoms with Crippen molar-refractivity contribution in [3.8, 4) is 0 Å². The molecule has 1 saturated heterocycles. The summed E-state index contributed by atoms with van der Waals surface area (Å²) < 4.78 is 0. The van der Waals surface area contributed by atoms with Crippen LogP contribution < -0.4 is 5.32 Å². The molecule has 0 saturated carbocycles. The number of aryl methyl sites for hydroxylation is 1. The van der Waals surface area contributed by atoms with E-state index in [4.69, 9.17) is 39.6 Å². The summed E-state index contributed by atoms with van der Waals surface area (Å²) in [6.45, 7) is 10.1. The van der Waals surface area contributed by atoms with Crippen molar-refractivity contribution in [2.75, 3.05) is 32.8 Å². The van der Waals surface area contributed by atoms with Crippen molar-refractivity contribution < 1.29 is 9.63 Å². The number of halogens is 3. The topological polar surface area (TPSA) is 53.9 Å². The van der Waals surface area contributed by atoms with E-state index < -0.39 is 0 Å². The maximum Gasteiger partial charge on any atom is 0.251 e. The predicted octanol–water partition coefficient (Wildman–Crippen LogP) is 6.98. The van der Waals surface area contributed by atoms with Crippen molar-refractivity contribution in [2.24, 2.45) is 11.1 Å². The molecule has 35 heavy (non-hydrogen) atoms. The van der Waals surface area contributed by atoms with Crippen molar-refractivity contribution in [3.63, 3.8) is 0 Å². The van der Waals surface area contributed by atoms with Crippen molar-refractivity contribution in [1.29, 1.82) is 0 Å². The van der Waals surface area contributed by atoms with E-state index in [2.05, 4.69) is 28.4 Å². The second kappa shape index (κ2) is 13.5. The van der Waals surface area contributed by atoms with Gasteiger partial charge in [-0.15, -0.1) is 0 Å². The van der Waals surface area contributed by atoms with Crippen molar-refractivity contribution in [1.82, 2.24) is 10.2 Å². The molecule has 1 aliphatic rings. The molecule has 0 aliphatic carbocycles. The van der Waals surface area contributed by atoms with Gasteiger partial charge in [-0.05, 0) is 94.1 Å². The Morgan fingerprint density at radius 3 is 2.46 bits per heavy atom. The molecule has 0 aromatic heterocycles. The zero-order valence-corrected chi connectivity index (χ0v) is 22.9. The van der Waals surface area contributed by atoms with Crippen LogP contribution in [0, 0.1) is 12.8 Å². The van der Waals surface area contributed by atoms with Gasteiger partial charge in [-0.25, -0.2) is 0 Å². The fourth-order valence-electron chi connectivity index (χ4n) is 4.33. The van der Waals surface area contributed by atoms with Crippen LogP contribution >= 0.6 is 34.8 Å². The monoisotopic (exact) mass is 537 g/mol. The van der Waals surface area contributed by atoms with E-state index in [0.29, 0.717) is 22.2 Å². The minimum atomic E-state index is -0.269. The molecule has 2 aromatic carbocycles. The summed E-state index contributed by atoms with van der Waals surface area (Å²) in [5, 5.41) is 8.98. The van der Waals surface area contributed by atoms with Crippen LogP contribution in [0.25, 0.3) is 0 Å². The first-order valence-corrected chi connectivity index (χ1v) is 13.3. The first-order valence-electron chi connectivity index (χ1n) is 12.2. The number of oxime groups is 1. The number of nitrogens with zero attached hydrogens (tertiary/aromatic N) is 2. The van der Waals surface area contributed by atoms with E-state index in [9.17, 15) is 4.79 Å². The SMILES string of the molecule is CCO/N=C(\CNC(=O)c1cc(Cl)cc(Cl)c1)C(CCN1CCC(C)CC1)c1ccc(Cl)c(C)c1. The highest BCUT2D eigenvalue weighted by Crippen LogP contribution is 2.28. The van der Waals surface area contributed by atoms with Gasteiger partial charge in [0, 0.05) is 26.5 Å². The number of hydrogen-bond donors (Lipinski definition) is 1. The second-order valence-electron chi connectivity index (χ2n) is 9.22. The minimum Gasteiger partial charge on any atom is -0.396 e. The van der Waals surface area contributed by atoms with Crippen LogP contribution in [-0.4, -0.2) is 49.3 Å². The average molecular weight is 539 g/mol. The van der Waals surface area contributed by atoms with Crippen LogP contribution in [0.5, 0.6) is 0 Å².